The van der Waals surface area contributed by atoms with E-state index < -0.39 is 121 Å². The highest BCUT2D eigenvalue weighted by Crippen LogP contribution is 2.34. The molecule has 0 saturated heterocycles. The van der Waals surface area contributed by atoms with Crippen molar-refractivity contribution in [1.29, 1.82) is 0 Å². The van der Waals surface area contributed by atoms with Gasteiger partial charge >= 0.3 is 71.6 Å². The minimum absolute atomic E-state index is 0. The smallest absolute Gasteiger partial charge is 0.311 e. The van der Waals surface area contributed by atoms with Gasteiger partial charge in [0.15, 0.2) is 0 Å². The Balaban J connectivity index is -0.0000000441. The van der Waals surface area contributed by atoms with Gasteiger partial charge in [0.2, 0.25) is 17.7 Å². The van der Waals surface area contributed by atoms with Crippen molar-refractivity contribution in [3.05, 3.63) is 0 Å². The van der Waals surface area contributed by atoms with Crippen molar-refractivity contribution < 1.29 is 132 Å². The Kier molecular flexibility index (Phi) is 131. The van der Waals surface area contributed by atoms with Crippen molar-refractivity contribution in [3.8, 4) is 0 Å². The van der Waals surface area contributed by atoms with Gasteiger partial charge in [-0.2, -0.15) is 0 Å². The Bertz CT molecular complexity index is 2820. The van der Waals surface area contributed by atoms with Crippen molar-refractivity contribution in [2.24, 2.45) is 79.3 Å². The maximum Gasteiger partial charge on any atom is 0.311 e. The zero-order valence-corrected chi connectivity index (χ0v) is 72.7. The molecule has 0 bridgehead atoms. The van der Waals surface area contributed by atoms with Crippen molar-refractivity contribution in [3.63, 3.8) is 0 Å². The molecule has 30 nitrogen and oxygen atoms in total. The maximum absolute atomic E-state index is 12.1. The first-order chi connectivity index (χ1) is 51.0. The highest BCUT2D eigenvalue weighted by molar-refractivity contribution is 5.85. The summed E-state index contributed by atoms with van der Waals surface area (Å²) in [5.41, 5.74) is -3.95. The molecule has 0 aromatic carbocycles. The number of aliphatic carboxylic acids is 10. The lowest BCUT2D eigenvalue weighted by Gasteiger charge is -2.36. The molecule has 3 aliphatic carbocycles. The second-order valence-electron chi connectivity index (χ2n) is 33.6. The first-order valence-electron chi connectivity index (χ1n) is 39.6. The lowest BCUT2D eigenvalue weighted by Crippen LogP contribution is -2.51. The van der Waals surface area contributed by atoms with E-state index in [1.165, 1.54) is 6.92 Å². The lowest BCUT2D eigenvalue weighted by atomic mass is 9.76. The highest BCUT2D eigenvalue weighted by Gasteiger charge is 2.41. The minimum Gasteiger partial charge on any atom is -0.481 e. The molecule has 3 fully saturated rings. The number of amides is 3. The maximum atomic E-state index is 12.1. The molecule has 0 heterocycles. The summed E-state index contributed by atoms with van der Waals surface area (Å²) in [7, 11) is 0. The van der Waals surface area contributed by atoms with E-state index in [0.29, 0.717) is 44.9 Å². The molecule has 0 aromatic heterocycles. The number of ether oxygens (including phenoxy) is 2. The van der Waals surface area contributed by atoms with Crippen molar-refractivity contribution >= 4 is 89.4 Å². The number of rotatable bonds is 32. The number of carbonyl (C=O) groups excluding carboxylic acids is 5. The van der Waals surface area contributed by atoms with Crippen molar-refractivity contribution in [1.82, 2.24) is 16.0 Å². The molecular weight excluding hydrogens is 1680 g/mol. The highest BCUT2D eigenvalue weighted by atomic mass is 16.5. The zero-order valence-electron chi connectivity index (χ0n) is 72.7. The van der Waals surface area contributed by atoms with E-state index in [9.17, 15) is 77.0 Å². The number of esters is 2. The van der Waals surface area contributed by atoms with Crippen LogP contribution in [0.2, 0.25) is 0 Å². The summed E-state index contributed by atoms with van der Waals surface area (Å²) in [6.45, 7) is 47.7. The Hall–Kier alpha value is -7.95. The SMILES string of the molecule is C.C.C.C.C.C.C.C.C.C.C.C.C.C.C.C.C.C.CC(C)C(C)C(=O)O.CCC(C)(C)C(=O)NC1CCCC(C)C1C(=O)O.CCC(C)(C)C(=O)NC1CCCCC1C(=O)O.CCC(C)(C)C(=O)NCCC(=O)O.CCC(C)(C)C(=O)O.CCC(C)(C)C(=O)OC1CCCCC1C(=O)O.CCC(C)(C)C(=O)OCCC(=O)O.CCC(C)(CC(=O)O)C(=O)O.CCC(C)C(=O)O. The van der Waals surface area contributed by atoms with Gasteiger partial charge in [0.1, 0.15) is 12.7 Å². The Morgan fingerprint density at radius 2 is 0.692 bits per heavy atom. The molecule has 130 heavy (non-hydrogen) atoms. The molecule has 13 N–H and O–H groups in total. The van der Waals surface area contributed by atoms with E-state index in [2.05, 4.69) is 16.0 Å². The van der Waals surface area contributed by atoms with Crippen molar-refractivity contribution in [2.75, 3.05) is 13.2 Å². The molecule has 0 aliphatic heterocycles. The van der Waals surface area contributed by atoms with Crippen LogP contribution >= 0.6 is 0 Å². The molecule has 3 saturated carbocycles. The van der Waals surface area contributed by atoms with Crippen LogP contribution in [-0.4, -0.2) is 172 Å². The Morgan fingerprint density at radius 3 is 0.962 bits per heavy atom. The summed E-state index contributed by atoms with van der Waals surface area (Å²) in [5.74, 6) is -10.7. The monoisotopic (exact) mass is 1900 g/mol. The minimum atomic E-state index is -1.12. The molecule has 10 atom stereocenters. The van der Waals surface area contributed by atoms with E-state index in [4.69, 9.17) is 55.4 Å². The van der Waals surface area contributed by atoms with Gasteiger partial charge in [-0.3, -0.25) is 71.9 Å². The Morgan fingerprint density at radius 1 is 0.354 bits per heavy atom. The lowest BCUT2D eigenvalue weighted by molar-refractivity contribution is -0.169. The van der Waals surface area contributed by atoms with E-state index in [-0.39, 0.29) is 232 Å². The van der Waals surface area contributed by atoms with Crippen LogP contribution in [0.1, 0.15) is 455 Å². The van der Waals surface area contributed by atoms with Gasteiger partial charge in [-0.05, 0) is 157 Å². The van der Waals surface area contributed by atoms with E-state index >= 15 is 0 Å². The largest absolute Gasteiger partial charge is 0.481 e. The first-order valence-corrected chi connectivity index (χ1v) is 39.6. The van der Waals surface area contributed by atoms with Crippen LogP contribution in [0.15, 0.2) is 0 Å². The van der Waals surface area contributed by atoms with Crippen LogP contribution in [0.5, 0.6) is 0 Å². The number of carboxylic acids is 10. The van der Waals surface area contributed by atoms with Gasteiger partial charge in [0, 0.05) is 34.9 Å². The predicted octanol–water partition coefficient (Wildman–Crippen LogP) is 26.1. The molecule has 3 aliphatic rings. The Labute approximate surface area is 799 Å². The summed E-state index contributed by atoms with van der Waals surface area (Å²) in [6, 6.07) is -0.413. The molecule has 0 radical (unpaired) electrons. The number of hydrogen-bond acceptors (Lipinski definition) is 17. The molecule has 0 aromatic rings. The molecule has 30 heteroatoms. The topological polar surface area (TPSA) is 513 Å². The number of hydrogen-bond donors (Lipinski definition) is 13. The average Bonchev–Trinajstić information content (AvgIpc) is 0.825. The fraction of sp³-hybridized carbons (Fsp3) is 0.850. The van der Waals surface area contributed by atoms with E-state index in [1.807, 2.05) is 125 Å². The normalized spacial score (nSPS) is 16.4. The summed E-state index contributed by atoms with van der Waals surface area (Å²) >= 11 is 0. The molecule has 798 valence electrons. The van der Waals surface area contributed by atoms with Gasteiger partial charge in [0.05, 0.1) is 70.5 Å². The average molecular weight is 1900 g/mol. The third kappa shape index (κ3) is 79.8. The first kappa shape index (κ1) is 186. The van der Waals surface area contributed by atoms with Crippen LogP contribution < -0.4 is 16.0 Å². The molecule has 0 spiro atoms. The number of carbonyl (C=O) groups is 15. The van der Waals surface area contributed by atoms with Crippen LogP contribution in [0.25, 0.3) is 0 Å². The molecule has 3 rings (SSSR count). The van der Waals surface area contributed by atoms with Crippen LogP contribution in [-0.2, 0) is 81.4 Å². The fourth-order valence-electron chi connectivity index (χ4n) is 9.15. The van der Waals surface area contributed by atoms with Gasteiger partial charge < -0.3 is 76.5 Å². The summed E-state index contributed by atoms with van der Waals surface area (Å²) in [6.07, 6.45) is 13.6. The second-order valence-corrected chi connectivity index (χ2v) is 33.6. The molecular formula is C100H221N3O27. The summed E-state index contributed by atoms with van der Waals surface area (Å²) < 4.78 is 10.2. The number of nitrogens with one attached hydrogen (secondary N) is 3. The summed E-state index contributed by atoms with van der Waals surface area (Å²) in [5, 5.41) is 94.6. The zero-order chi connectivity index (χ0) is 89.4. The molecule has 3 amide bonds. The van der Waals surface area contributed by atoms with E-state index in [1.54, 1.807) is 48.5 Å². The second kappa shape index (κ2) is 91.5. The predicted molar refractivity (Wildman–Crippen MR) is 546 cm³/mol. The van der Waals surface area contributed by atoms with Crippen LogP contribution in [0.4, 0.5) is 0 Å². The summed E-state index contributed by atoms with van der Waals surface area (Å²) in [4.78, 5) is 164. The fourth-order valence-corrected chi connectivity index (χ4v) is 9.15. The number of carboxylic acid groups (broad SMARTS) is 10. The van der Waals surface area contributed by atoms with Gasteiger partial charge in [-0.15, -0.1) is 0 Å². The van der Waals surface area contributed by atoms with Gasteiger partial charge in [-0.25, -0.2) is 0 Å². The van der Waals surface area contributed by atoms with E-state index in [0.717, 1.165) is 77.0 Å². The van der Waals surface area contributed by atoms with Gasteiger partial charge in [0.25, 0.3) is 0 Å². The van der Waals surface area contributed by atoms with Gasteiger partial charge in [-0.1, -0.05) is 291 Å². The van der Waals surface area contributed by atoms with Crippen molar-refractivity contribution in [2.45, 2.75) is 473 Å². The standard InChI is InChI=1S/C14H25NO3.C13H23NO3.C13H22O4.C9H17NO3.C9H16O4.C7H12O4.2C6H12O2.C5H10O2.18CH4/c1-5-14(3,4)13(18)15-10-8-6-7-9(2)11(10)12(16)17;1-4-13(2,3)12(17)14-10-8-6-5-7-9(10)11(15)16;1-4-13(2,3)12(16)17-10-8-6-5-7-9(10)11(14)15;1-4-9(2,3)8(13)10-6-5-7(11)12;1-4-9(2,3)8(12)13-6-5-7(10)11;1-3-7(2,6(10)11)4-5(8)9;1-4-6(2,3)5(7)8;1-4(2)5(3)6(7)8;1-3-4(2)5(6)7;;;;;;;;;;;;;;;;;;/h9-11H,5-8H2,1-4H3,(H,15,18)(H,16,17);9-10H,4-8H2,1-3H3,(H,14,17)(H,15,16);9-10H,4-8H2,1-3H3,(H,14,15);4-6H2,1-3H3,(H,10,13)(H,11,12);4-6H2,1-3H3,(H,10,11);3-4H2,1-2H3,(H,8,9)(H,10,11);4H2,1-3H3,(H,7,8);4-5H,1-3H3,(H,7,8);4H,3H2,1-2H3,(H,6,7);18*1H4. The quantitative estimate of drug-likeness (QED) is 0.0278. The molecule has 10 unspecified atom stereocenters. The van der Waals surface area contributed by atoms with Crippen LogP contribution in [0.3, 0.4) is 0 Å². The van der Waals surface area contributed by atoms with Crippen LogP contribution in [0, 0.1) is 79.3 Å². The third-order valence-electron chi connectivity index (χ3n) is 21.8. The third-order valence-corrected chi connectivity index (χ3v) is 21.8.